The molecule has 1 aliphatic rings. The first-order chi connectivity index (χ1) is 7.16. The zero-order chi connectivity index (χ0) is 12.6. The predicted molar refractivity (Wildman–Crippen MR) is 61.5 cm³/mol. The van der Waals surface area contributed by atoms with Crippen LogP contribution in [0.2, 0.25) is 0 Å². The van der Waals surface area contributed by atoms with E-state index in [1.807, 2.05) is 20.8 Å². The third-order valence-electron chi connectivity index (χ3n) is 3.04. The van der Waals surface area contributed by atoms with Crippen molar-refractivity contribution in [2.24, 2.45) is 0 Å². The van der Waals surface area contributed by atoms with Gasteiger partial charge in [-0.15, -0.1) is 0 Å². The summed E-state index contributed by atoms with van der Waals surface area (Å²) in [5, 5.41) is 22.6. The van der Waals surface area contributed by atoms with Crippen molar-refractivity contribution in [1.82, 2.24) is 10.2 Å². The van der Waals surface area contributed by atoms with Crippen LogP contribution in [0.25, 0.3) is 0 Å². The molecule has 1 saturated heterocycles. The average Bonchev–Trinajstić information content (AvgIpc) is 2.05. The van der Waals surface area contributed by atoms with Crippen molar-refractivity contribution in [3.8, 4) is 0 Å². The first-order valence-electron chi connectivity index (χ1n) is 5.61. The second kappa shape index (κ2) is 4.22. The number of carboxylic acid groups (broad SMARTS) is 1. The van der Waals surface area contributed by atoms with E-state index in [1.54, 1.807) is 6.92 Å². The van der Waals surface area contributed by atoms with E-state index in [4.69, 9.17) is 0 Å². The van der Waals surface area contributed by atoms with Crippen LogP contribution in [0.3, 0.4) is 0 Å². The topological polar surface area (TPSA) is 72.8 Å². The number of carbonyl (C=O) groups is 1. The van der Waals surface area contributed by atoms with Gasteiger partial charge in [-0.3, -0.25) is 4.90 Å². The van der Waals surface area contributed by atoms with Gasteiger partial charge in [-0.1, -0.05) is 0 Å². The molecule has 1 heterocycles. The van der Waals surface area contributed by atoms with Crippen LogP contribution in [-0.4, -0.2) is 51.5 Å². The molecule has 1 aliphatic heterocycles. The van der Waals surface area contributed by atoms with Gasteiger partial charge in [0.2, 0.25) is 0 Å². The third-order valence-corrected chi connectivity index (χ3v) is 3.04. The second-order valence-electron chi connectivity index (χ2n) is 5.66. The van der Waals surface area contributed by atoms with E-state index >= 15 is 0 Å². The molecule has 1 rings (SSSR count). The van der Waals surface area contributed by atoms with Crippen molar-refractivity contribution in [3.05, 3.63) is 0 Å². The normalized spacial score (nSPS) is 31.2. The van der Waals surface area contributed by atoms with E-state index in [-0.39, 0.29) is 6.04 Å². The maximum Gasteiger partial charge on any atom is 0.408 e. The standard InChI is InChI=1S/C11H22N2O3/c1-10(2,3)13(9(14)15)8-5-6-12-7-11(8,4)16/h8,12,16H,5-7H2,1-4H3,(H,14,15)/t8-,11-/m0/s1. The Bertz CT molecular complexity index is 271. The van der Waals surface area contributed by atoms with Crippen molar-refractivity contribution >= 4 is 6.09 Å². The zero-order valence-corrected chi connectivity index (χ0v) is 10.4. The van der Waals surface area contributed by atoms with E-state index in [0.29, 0.717) is 13.0 Å². The average molecular weight is 230 g/mol. The van der Waals surface area contributed by atoms with Gasteiger partial charge in [-0.25, -0.2) is 4.79 Å². The molecule has 0 aliphatic carbocycles. The first kappa shape index (κ1) is 13.3. The zero-order valence-electron chi connectivity index (χ0n) is 10.4. The second-order valence-corrected chi connectivity index (χ2v) is 5.66. The summed E-state index contributed by atoms with van der Waals surface area (Å²) in [5.74, 6) is 0. The number of piperidine rings is 1. The molecule has 0 bridgehead atoms. The summed E-state index contributed by atoms with van der Waals surface area (Å²) in [5.41, 5.74) is -1.51. The molecule has 1 amide bonds. The smallest absolute Gasteiger partial charge is 0.408 e. The van der Waals surface area contributed by atoms with E-state index in [0.717, 1.165) is 6.54 Å². The van der Waals surface area contributed by atoms with Crippen molar-refractivity contribution in [3.63, 3.8) is 0 Å². The molecular weight excluding hydrogens is 208 g/mol. The Morgan fingerprint density at radius 2 is 2.06 bits per heavy atom. The van der Waals surface area contributed by atoms with Crippen molar-refractivity contribution in [2.45, 2.75) is 51.3 Å². The van der Waals surface area contributed by atoms with Crippen LogP contribution in [-0.2, 0) is 0 Å². The molecule has 0 aromatic carbocycles. The van der Waals surface area contributed by atoms with Crippen molar-refractivity contribution in [1.29, 1.82) is 0 Å². The van der Waals surface area contributed by atoms with Crippen LogP contribution in [0.15, 0.2) is 0 Å². The lowest BCUT2D eigenvalue weighted by molar-refractivity contribution is -0.0667. The van der Waals surface area contributed by atoms with Crippen LogP contribution in [0.1, 0.15) is 34.1 Å². The first-order valence-corrected chi connectivity index (χ1v) is 5.61. The lowest BCUT2D eigenvalue weighted by atomic mass is 9.86. The molecule has 16 heavy (non-hydrogen) atoms. The number of hydrogen-bond acceptors (Lipinski definition) is 3. The highest BCUT2D eigenvalue weighted by Crippen LogP contribution is 2.28. The van der Waals surface area contributed by atoms with E-state index < -0.39 is 17.2 Å². The highest BCUT2D eigenvalue weighted by molar-refractivity contribution is 5.66. The molecule has 2 atom stereocenters. The van der Waals surface area contributed by atoms with Crippen LogP contribution in [0.5, 0.6) is 0 Å². The van der Waals surface area contributed by atoms with Crippen LogP contribution in [0, 0.1) is 0 Å². The van der Waals surface area contributed by atoms with Crippen LogP contribution < -0.4 is 5.32 Å². The van der Waals surface area contributed by atoms with E-state index in [1.165, 1.54) is 4.90 Å². The van der Waals surface area contributed by atoms with Gasteiger partial charge < -0.3 is 15.5 Å². The molecular formula is C11H22N2O3. The Balaban J connectivity index is 2.98. The molecule has 5 nitrogen and oxygen atoms in total. The minimum absolute atomic E-state index is 0.355. The Labute approximate surface area is 96.4 Å². The molecule has 94 valence electrons. The predicted octanol–water partition coefficient (Wildman–Crippen LogP) is 0.878. The fourth-order valence-corrected chi connectivity index (χ4v) is 2.30. The Morgan fingerprint density at radius 3 is 2.44 bits per heavy atom. The molecule has 3 N–H and O–H groups in total. The van der Waals surface area contributed by atoms with Gasteiger partial charge >= 0.3 is 6.09 Å². The fraction of sp³-hybridized carbons (Fsp3) is 0.909. The van der Waals surface area contributed by atoms with Gasteiger partial charge in [0, 0.05) is 12.1 Å². The van der Waals surface area contributed by atoms with Crippen molar-refractivity contribution in [2.75, 3.05) is 13.1 Å². The minimum atomic E-state index is -1.01. The quantitative estimate of drug-likeness (QED) is 0.625. The summed E-state index contributed by atoms with van der Waals surface area (Å²) in [6.07, 6.45) is -0.337. The van der Waals surface area contributed by atoms with Gasteiger partial charge in [0.05, 0.1) is 11.6 Å². The summed E-state index contributed by atoms with van der Waals surface area (Å²) in [4.78, 5) is 12.7. The van der Waals surface area contributed by atoms with E-state index in [2.05, 4.69) is 5.32 Å². The SMILES string of the molecule is CC(C)(C)N(C(=O)O)[C@H]1CCNC[C@]1(C)O. The lowest BCUT2D eigenvalue weighted by Crippen LogP contribution is -2.65. The number of aliphatic hydroxyl groups is 1. The molecule has 0 aromatic heterocycles. The number of β-amino-alcohol motifs (C(OH)–C–C–N with tert-alkyl or cyclic N) is 1. The molecule has 0 saturated carbocycles. The number of amides is 1. The molecule has 0 spiro atoms. The highest BCUT2D eigenvalue weighted by atomic mass is 16.4. The summed E-state index contributed by atoms with van der Waals surface area (Å²) >= 11 is 0. The highest BCUT2D eigenvalue weighted by Gasteiger charge is 2.44. The van der Waals surface area contributed by atoms with Crippen LogP contribution in [0.4, 0.5) is 4.79 Å². The summed E-state index contributed by atoms with van der Waals surface area (Å²) in [6.45, 7) is 8.39. The maximum absolute atomic E-state index is 11.3. The maximum atomic E-state index is 11.3. The van der Waals surface area contributed by atoms with E-state index in [9.17, 15) is 15.0 Å². The summed E-state index contributed by atoms with van der Waals surface area (Å²) in [7, 11) is 0. The van der Waals surface area contributed by atoms with Gasteiger partial charge in [-0.05, 0) is 40.7 Å². The molecule has 0 aromatic rings. The van der Waals surface area contributed by atoms with Crippen LogP contribution >= 0.6 is 0 Å². The number of nitrogens with one attached hydrogen (secondary N) is 1. The largest absolute Gasteiger partial charge is 0.465 e. The fourth-order valence-electron chi connectivity index (χ4n) is 2.30. The molecule has 1 fully saturated rings. The lowest BCUT2D eigenvalue weighted by Gasteiger charge is -2.48. The van der Waals surface area contributed by atoms with Crippen molar-refractivity contribution < 1.29 is 15.0 Å². The van der Waals surface area contributed by atoms with Gasteiger partial charge in [0.25, 0.3) is 0 Å². The Hall–Kier alpha value is -0.810. The number of hydrogen-bond donors (Lipinski definition) is 3. The third kappa shape index (κ3) is 2.65. The molecule has 0 unspecified atom stereocenters. The van der Waals surface area contributed by atoms with Gasteiger partial charge in [0.1, 0.15) is 0 Å². The van der Waals surface area contributed by atoms with Gasteiger partial charge in [0.15, 0.2) is 0 Å². The molecule has 0 radical (unpaired) electrons. The minimum Gasteiger partial charge on any atom is -0.465 e. The number of rotatable bonds is 1. The Kier molecular flexibility index (Phi) is 3.50. The molecule has 5 heteroatoms. The Morgan fingerprint density at radius 1 is 1.50 bits per heavy atom. The summed E-state index contributed by atoms with van der Waals surface area (Å²) < 4.78 is 0. The summed E-state index contributed by atoms with van der Waals surface area (Å²) in [6, 6.07) is -0.355. The number of nitrogens with zero attached hydrogens (tertiary/aromatic N) is 1. The monoisotopic (exact) mass is 230 g/mol. The van der Waals surface area contributed by atoms with Gasteiger partial charge in [-0.2, -0.15) is 0 Å².